The second kappa shape index (κ2) is 7.95. The quantitative estimate of drug-likeness (QED) is 0.486. The fourth-order valence-corrected chi connectivity index (χ4v) is 3.43. The third-order valence-corrected chi connectivity index (χ3v) is 4.89. The Morgan fingerprint density at radius 2 is 1.82 bits per heavy atom. The van der Waals surface area contributed by atoms with Crippen LogP contribution in [0.4, 0.5) is 0 Å². The monoisotopic (exact) mass is 400 g/mol. The Morgan fingerprint density at radius 3 is 2.57 bits per heavy atom. The zero-order valence-corrected chi connectivity index (χ0v) is 16.4. The molecule has 2 aromatic heterocycles. The maximum absolute atomic E-state index is 12.5. The molecule has 0 spiro atoms. The number of aryl methyl sites for hydroxylation is 2. The van der Waals surface area contributed by atoms with E-state index in [0.717, 1.165) is 28.9 Å². The lowest BCUT2D eigenvalue weighted by atomic mass is 10.2. The number of aromatic nitrogens is 4. The van der Waals surface area contributed by atoms with Crippen molar-refractivity contribution in [2.45, 2.75) is 13.0 Å². The van der Waals surface area contributed by atoms with Crippen molar-refractivity contribution in [3.63, 3.8) is 0 Å². The van der Waals surface area contributed by atoms with Gasteiger partial charge >= 0.3 is 5.69 Å². The third kappa shape index (κ3) is 3.32. The SMILES string of the molecule is Cn1c(=O)c2c(ncn2CCC[NH+]2C=CN=C2c2ccccc2)n(C)c1=O.[Cl-]. The van der Waals surface area contributed by atoms with Crippen molar-refractivity contribution in [2.24, 2.45) is 19.1 Å². The van der Waals surface area contributed by atoms with E-state index in [4.69, 9.17) is 0 Å². The van der Waals surface area contributed by atoms with Crippen LogP contribution >= 0.6 is 0 Å². The molecule has 1 atom stereocenters. The predicted octanol–water partition coefficient (Wildman–Crippen LogP) is -3.36. The maximum Gasteiger partial charge on any atom is 0.332 e. The Morgan fingerprint density at radius 1 is 1.07 bits per heavy atom. The van der Waals surface area contributed by atoms with Crippen LogP contribution in [0.25, 0.3) is 11.2 Å². The average Bonchev–Trinajstić information content (AvgIpc) is 3.33. The van der Waals surface area contributed by atoms with E-state index in [1.807, 2.05) is 35.2 Å². The molecule has 4 rings (SSSR count). The zero-order chi connectivity index (χ0) is 19.0. The first kappa shape index (κ1) is 19.8. The molecule has 0 amide bonds. The summed E-state index contributed by atoms with van der Waals surface area (Å²) in [5.41, 5.74) is 1.31. The van der Waals surface area contributed by atoms with E-state index in [-0.39, 0.29) is 23.7 Å². The van der Waals surface area contributed by atoms with E-state index >= 15 is 0 Å². The number of hydrogen-bond acceptors (Lipinski definition) is 4. The number of imidazole rings is 1. The van der Waals surface area contributed by atoms with E-state index < -0.39 is 0 Å². The minimum absolute atomic E-state index is 0. The van der Waals surface area contributed by atoms with E-state index in [0.29, 0.717) is 17.7 Å². The van der Waals surface area contributed by atoms with E-state index in [1.165, 1.54) is 16.5 Å². The second-order valence-electron chi connectivity index (χ2n) is 6.60. The minimum atomic E-state index is -0.367. The molecule has 0 radical (unpaired) electrons. The van der Waals surface area contributed by atoms with Gasteiger partial charge in [0.1, 0.15) is 6.20 Å². The number of nitrogens with zero attached hydrogens (tertiary/aromatic N) is 5. The first-order valence-electron chi connectivity index (χ1n) is 8.84. The molecule has 1 N–H and O–H groups in total. The van der Waals surface area contributed by atoms with Gasteiger partial charge in [0.2, 0.25) is 5.84 Å². The molecule has 0 saturated heterocycles. The highest BCUT2D eigenvalue weighted by Gasteiger charge is 2.21. The summed E-state index contributed by atoms with van der Waals surface area (Å²) < 4.78 is 4.35. The number of benzene rings is 1. The van der Waals surface area contributed by atoms with Crippen LogP contribution in [0.15, 0.2) is 63.6 Å². The Hall–Kier alpha value is -2.97. The summed E-state index contributed by atoms with van der Waals surface area (Å²) in [7, 11) is 3.12. The number of hydrogen-bond donors (Lipinski definition) is 1. The summed E-state index contributed by atoms with van der Waals surface area (Å²) in [5, 5.41) is 0. The highest BCUT2D eigenvalue weighted by molar-refractivity contribution is 5.93. The van der Waals surface area contributed by atoms with Gasteiger partial charge in [0.25, 0.3) is 5.56 Å². The van der Waals surface area contributed by atoms with Gasteiger partial charge in [-0.15, -0.1) is 0 Å². The first-order chi connectivity index (χ1) is 13.1. The van der Waals surface area contributed by atoms with Crippen LogP contribution < -0.4 is 28.6 Å². The van der Waals surface area contributed by atoms with Crippen molar-refractivity contribution in [1.29, 1.82) is 0 Å². The lowest BCUT2D eigenvalue weighted by Gasteiger charge is -2.13. The first-order valence-corrected chi connectivity index (χ1v) is 8.84. The van der Waals surface area contributed by atoms with E-state index in [9.17, 15) is 9.59 Å². The van der Waals surface area contributed by atoms with E-state index in [1.54, 1.807) is 13.4 Å². The number of nitrogens with one attached hydrogen (secondary N) is 1. The van der Waals surface area contributed by atoms with Crippen molar-refractivity contribution >= 4 is 17.0 Å². The van der Waals surface area contributed by atoms with Gasteiger partial charge in [-0.1, -0.05) is 18.2 Å². The number of rotatable bonds is 5. The van der Waals surface area contributed by atoms with Gasteiger partial charge in [-0.2, -0.15) is 4.99 Å². The molecule has 0 fully saturated rings. The van der Waals surface area contributed by atoms with Crippen molar-refractivity contribution in [1.82, 2.24) is 18.7 Å². The fourth-order valence-electron chi connectivity index (χ4n) is 3.43. The van der Waals surface area contributed by atoms with Gasteiger partial charge in [-0.3, -0.25) is 18.8 Å². The van der Waals surface area contributed by atoms with Crippen LogP contribution in [0.1, 0.15) is 12.0 Å². The summed E-state index contributed by atoms with van der Waals surface area (Å²) in [4.78, 5) is 34.5. The average molecular weight is 401 g/mol. The topological polar surface area (TPSA) is 78.6 Å². The molecule has 0 aliphatic carbocycles. The maximum atomic E-state index is 12.5. The van der Waals surface area contributed by atoms with Crippen LogP contribution in [-0.4, -0.2) is 31.1 Å². The zero-order valence-electron chi connectivity index (χ0n) is 15.7. The molecular weight excluding hydrogens is 380 g/mol. The molecule has 1 aliphatic rings. The molecule has 0 saturated carbocycles. The van der Waals surface area contributed by atoms with Crippen LogP contribution in [0.2, 0.25) is 0 Å². The molecule has 0 bridgehead atoms. The van der Waals surface area contributed by atoms with Crippen molar-refractivity contribution in [3.8, 4) is 0 Å². The molecule has 146 valence electrons. The van der Waals surface area contributed by atoms with Crippen LogP contribution in [0, 0.1) is 0 Å². The molecule has 3 heterocycles. The van der Waals surface area contributed by atoms with Gasteiger partial charge < -0.3 is 17.0 Å². The molecule has 1 unspecified atom stereocenters. The van der Waals surface area contributed by atoms with Crippen molar-refractivity contribution < 1.29 is 17.3 Å². The van der Waals surface area contributed by atoms with Gasteiger partial charge in [0.05, 0.1) is 24.6 Å². The molecule has 1 aliphatic heterocycles. The Bertz CT molecular complexity index is 1170. The Balaban J connectivity index is 0.00000225. The molecular formula is C19H21ClN6O2. The molecule has 1 aromatic carbocycles. The van der Waals surface area contributed by atoms with Crippen molar-refractivity contribution in [2.75, 3.05) is 6.54 Å². The lowest BCUT2D eigenvalue weighted by molar-refractivity contribution is -0.743. The third-order valence-electron chi connectivity index (χ3n) is 4.89. The summed E-state index contributed by atoms with van der Waals surface area (Å²) in [6, 6.07) is 10.1. The van der Waals surface area contributed by atoms with E-state index in [2.05, 4.69) is 22.1 Å². The highest BCUT2D eigenvalue weighted by Crippen LogP contribution is 2.06. The largest absolute Gasteiger partial charge is 1.00 e. The number of amidine groups is 1. The Kier molecular flexibility index (Phi) is 5.62. The predicted molar refractivity (Wildman–Crippen MR) is 103 cm³/mol. The number of fused-ring (bicyclic) bond motifs is 1. The Labute approximate surface area is 167 Å². The van der Waals surface area contributed by atoms with Crippen LogP contribution in [-0.2, 0) is 20.6 Å². The fraction of sp³-hybridized carbons (Fsp3) is 0.263. The van der Waals surface area contributed by atoms with Gasteiger partial charge in [-0.25, -0.2) is 9.78 Å². The summed E-state index contributed by atoms with van der Waals surface area (Å²) >= 11 is 0. The van der Waals surface area contributed by atoms with Gasteiger partial charge in [0, 0.05) is 27.1 Å². The molecule has 3 aromatic rings. The van der Waals surface area contributed by atoms with Gasteiger partial charge in [0.15, 0.2) is 11.2 Å². The number of quaternary nitrogens is 1. The van der Waals surface area contributed by atoms with Crippen LogP contribution in [0.3, 0.4) is 0 Å². The smallest absolute Gasteiger partial charge is 0.332 e. The normalized spacial score (nSPS) is 15.6. The summed E-state index contributed by atoms with van der Waals surface area (Å²) in [6.07, 6.45) is 6.34. The van der Waals surface area contributed by atoms with Gasteiger partial charge in [-0.05, 0) is 12.1 Å². The lowest BCUT2D eigenvalue weighted by Crippen LogP contribution is -3.09. The summed E-state index contributed by atoms with van der Waals surface area (Å²) in [5.74, 6) is 1.00. The minimum Gasteiger partial charge on any atom is -1.00 e. The number of halogens is 1. The molecule has 28 heavy (non-hydrogen) atoms. The summed E-state index contributed by atoms with van der Waals surface area (Å²) in [6.45, 7) is 1.49. The number of aliphatic imine (C=N–C) groups is 1. The second-order valence-corrected chi connectivity index (χ2v) is 6.60. The standard InChI is InChI=1S/C19H20N6O2.ClH/c1-22-17-15(18(26)23(2)19(22)27)25(13-21-17)11-6-10-24-12-9-20-16(24)14-7-4-3-5-8-14;/h3-5,7-9,12-13H,6,10-11H2,1-2H3;1H. The molecule has 9 heteroatoms. The van der Waals surface area contributed by atoms with Crippen molar-refractivity contribution in [3.05, 3.63) is 75.5 Å². The highest BCUT2D eigenvalue weighted by atomic mass is 35.5. The van der Waals surface area contributed by atoms with Crippen LogP contribution in [0.5, 0.6) is 0 Å². The molecule has 8 nitrogen and oxygen atoms in total.